The lowest BCUT2D eigenvalue weighted by Gasteiger charge is -2.21. The Labute approximate surface area is 143 Å². The molecule has 6 nitrogen and oxygen atoms in total. The van der Waals surface area contributed by atoms with Gasteiger partial charge in [-0.15, -0.1) is 0 Å². The minimum absolute atomic E-state index is 0.0667. The fourth-order valence-corrected chi connectivity index (χ4v) is 2.84. The van der Waals surface area contributed by atoms with Gasteiger partial charge in [0.15, 0.2) is 5.78 Å². The number of hydrogen-bond donors (Lipinski definition) is 0. The maximum absolute atomic E-state index is 12.6. The Kier molecular flexibility index (Phi) is 4.70. The summed E-state index contributed by atoms with van der Waals surface area (Å²) in [6, 6.07) is 14.8. The molecule has 1 heterocycles. The lowest BCUT2D eigenvalue weighted by atomic mass is 9.87. The quantitative estimate of drug-likeness (QED) is 0.349. The molecule has 126 valence electrons. The summed E-state index contributed by atoms with van der Waals surface area (Å²) >= 11 is 0. The zero-order chi connectivity index (χ0) is 17.8. The van der Waals surface area contributed by atoms with Gasteiger partial charge in [0.1, 0.15) is 6.10 Å². The largest absolute Gasteiger partial charge is 0.454 e. The number of nitro benzene ring substituents is 1. The molecule has 0 fully saturated rings. The van der Waals surface area contributed by atoms with Crippen molar-refractivity contribution in [2.75, 3.05) is 0 Å². The zero-order valence-electron chi connectivity index (χ0n) is 13.2. The number of hydrogen-bond acceptors (Lipinski definition) is 5. The van der Waals surface area contributed by atoms with Crippen LogP contribution in [0.3, 0.4) is 0 Å². The van der Waals surface area contributed by atoms with Crippen LogP contribution in [-0.2, 0) is 9.53 Å². The van der Waals surface area contributed by atoms with Crippen molar-refractivity contribution in [2.24, 2.45) is 0 Å². The topological polar surface area (TPSA) is 86.5 Å². The number of ketones is 1. The average Bonchev–Trinajstić information content (AvgIpc) is 3.06. The van der Waals surface area contributed by atoms with Gasteiger partial charge in [-0.3, -0.25) is 14.9 Å². The number of Topliss-reactive ketones (excluding diaryl/α,β-unsaturated/α-hetero) is 1. The molecule has 3 rings (SSSR count). The van der Waals surface area contributed by atoms with Crippen LogP contribution in [-0.4, -0.2) is 22.8 Å². The van der Waals surface area contributed by atoms with E-state index in [1.807, 2.05) is 6.07 Å². The molecule has 1 aliphatic heterocycles. The number of carbonyl (C=O) groups is 2. The highest BCUT2D eigenvalue weighted by Crippen LogP contribution is 2.32. The molecule has 0 saturated heterocycles. The number of nitro groups is 1. The van der Waals surface area contributed by atoms with Gasteiger partial charge in [-0.25, -0.2) is 4.79 Å². The summed E-state index contributed by atoms with van der Waals surface area (Å²) in [7, 11) is 0. The van der Waals surface area contributed by atoms with E-state index in [4.69, 9.17) is 4.74 Å². The van der Waals surface area contributed by atoms with E-state index in [1.165, 1.54) is 18.2 Å². The van der Waals surface area contributed by atoms with Crippen LogP contribution in [0, 0.1) is 10.1 Å². The van der Waals surface area contributed by atoms with Crippen LogP contribution in [0.25, 0.3) is 0 Å². The van der Waals surface area contributed by atoms with Crippen LogP contribution in [0.5, 0.6) is 0 Å². The number of rotatable bonds is 6. The molecule has 0 aromatic heterocycles. The standard InChI is InChI=1S/C19H15NO5/c21-17(13-5-2-1-3-6-13)12-16(18-9-10-19(22)25-18)14-7-4-8-15(11-14)20(23)24/h1-11,16,18H,12H2/t16-,18+/m1/s1. The van der Waals surface area contributed by atoms with Gasteiger partial charge in [0.2, 0.25) is 0 Å². The van der Waals surface area contributed by atoms with Gasteiger partial charge in [-0.1, -0.05) is 42.5 Å². The number of carbonyl (C=O) groups excluding carboxylic acids is 2. The predicted octanol–water partition coefficient (Wildman–Crippen LogP) is 3.43. The molecule has 25 heavy (non-hydrogen) atoms. The van der Waals surface area contributed by atoms with E-state index in [1.54, 1.807) is 42.5 Å². The molecular weight excluding hydrogens is 322 g/mol. The summed E-state index contributed by atoms with van der Waals surface area (Å²) in [6.45, 7) is 0. The predicted molar refractivity (Wildman–Crippen MR) is 90.2 cm³/mol. The molecule has 2 atom stereocenters. The van der Waals surface area contributed by atoms with Gasteiger partial charge in [0.25, 0.3) is 5.69 Å². The third-order valence-electron chi connectivity index (χ3n) is 4.08. The maximum atomic E-state index is 12.6. The van der Waals surface area contributed by atoms with Gasteiger partial charge in [-0.05, 0) is 11.6 Å². The Hall–Kier alpha value is -3.28. The molecular formula is C19H15NO5. The van der Waals surface area contributed by atoms with Crippen molar-refractivity contribution < 1.29 is 19.2 Å². The summed E-state index contributed by atoms with van der Waals surface area (Å²) in [5.74, 6) is -1.09. The first-order chi connectivity index (χ1) is 12.0. The van der Waals surface area contributed by atoms with Crippen molar-refractivity contribution in [3.8, 4) is 0 Å². The lowest BCUT2D eigenvalue weighted by Crippen LogP contribution is -2.22. The second-order valence-corrected chi connectivity index (χ2v) is 5.71. The lowest BCUT2D eigenvalue weighted by molar-refractivity contribution is -0.384. The van der Waals surface area contributed by atoms with Gasteiger partial charge in [-0.2, -0.15) is 0 Å². The second-order valence-electron chi connectivity index (χ2n) is 5.71. The third-order valence-corrected chi connectivity index (χ3v) is 4.08. The fraction of sp³-hybridized carbons (Fsp3) is 0.158. The number of benzene rings is 2. The van der Waals surface area contributed by atoms with E-state index in [-0.39, 0.29) is 17.9 Å². The highest BCUT2D eigenvalue weighted by Gasteiger charge is 2.31. The first-order valence-corrected chi connectivity index (χ1v) is 7.76. The highest BCUT2D eigenvalue weighted by molar-refractivity contribution is 5.96. The van der Waals surface area contributed by atoms with Crippen LogP contribution >= 0.6 is 0 Å². The summed E-state index contributed by atoms with van der Waals surface area (Å²) < 4.78 is 5.24. The van der Waals surface area contributed by atoms with Gasteiger partial charge in [0, 0.05) is 36.1 Å². The maximum Gasteiger partial charge on any atom is 0.331 e. The Morgan fingerprint density at radius 2 is 1.92 bits per heavy atom. The van der Waals surface area contributed by atoms with Crippen molar-refractivity contribution in [1.29, 1.82) is 0 Å². The molecule has 2 aromatic carbocycles. The number of cyclic esters (lactones) is 1. The molecule has 0 N–H and O–H groups in total. The summed E-state index contributed by atoms with van der Waals surface area (Å²) in [5, 5.41) is 11.0. The van der Waals surface area contributed by atoms with E-state index < -0.39 is 22.9 Å². The Morgan fingerprint density at radius 1 is 1.16 bits per heavy atom. The molecule has 0 amide bonds. The minimum Gasteiger partial charge on any atom is -0.454 e. The SMILES string of the molecule is O=C1C=C[C@@H]([C@H](CC(=O)c2ccccc2)c2cccc([N+](=O)[O-])c2)O1. The van der Waals surface area contributed by atoms with E-state index in [2.05, 4.69) is 0 Å². The number of nitrogens with zero attached hydrogens (tertiary/aromatic N) is 1. The zero-order valence-corrected chi connectivity index (χ0v) is 13.2. The molecule has 0 bridgehead atoms. The summed E-state index contributed by atoms with van der Waals surface area (Å²) in [6.07, 6.45) is 2.35. The smallest absolute Gasteiger partial charge is 0.331 e. The first-order valence-electron chi connectivity index (χ1n) is 7.76. The normalized spacial score (nSPS) is 17.1. The van der Waals surface area contributed by atoms with Crippen molar-refractivity contribution in [2.45, 2.75) is 18.4 Å². The number of esters is 1. The fourth-order valence-electron chi connectivity index (χ4n) is 2.84. The Morgan fingerprint density at radius 3 is 2.56 bits per heavy atom. The van der Waals surface area contributed by atoms with Crippen molar-refractivity contribution in [1.82, 2.24) is 0 Å². The minimum atomic E-state index is -0.623. The van der Waals surface area contributed by atoms with Gasteiger partial charge in [0.05, 0.1) is 4.92 Å². The molecule has 0 saturated carbocycles. The van der Waals surface area contributed by atoms with E-state index in [9.17, 15) is 19.7 Å². The molecule has 2 aromatic rings. The number of ether oxygens (including phenoxy) is 1. The average molecular weight is 337 g/mol. The number of non-ortho nitro benzene ring substituents is 1. The summed E-state index contributed by atoms with van der Waals surface area (Å²) in [5.41, 5.74) is 1.07. The molecule has 1 aliphatic rings. The van der Waals surface area contributed by atoms with Crippen LogP contribution in [0.4, 0.5) is 5.69 Å². The molecule has 0 aliphatic carbocycles. The van der Waals surface area contributed by atoms with Gasteiger partial charge < -0.3 is 4.74 Å². The van der Waals surface area contributed by atoms with Crippen molar-refractivity contribution in [3.63, 3.8) is 0 Å². The second kappa shape index (κ2) is 7.09. The molecule has 0 radical (unpaired) electrons. The van der Waals surface area contributed by atoms with Crippen LogP contribution in [0.2, 0.25) is 0 Å². The van der Waals surface area contributed by atoms with Crippen LogP contribution in [0.15, 0.2) is 66.7 Å². The van der Waals surface area contributed by atoms with E-state index >= 15 is 0 Å². The molecule has 0 spiro atoms. The Bertz CT molecular complexity index is 844. The highest BCUT2D eigenvalue weighted by atomic mass is 16.6. The third kappa shape index (κ3) is 3.80. The van der Waals surface area contributed by atoms with Gasteiger partial charge >= 0.3 is 5.97 Å². The van der Waals surface area contributed by atoms with Crippen molar-refractivity contribution >= 4 is 17.4 Å². The Balaban J connectivity index is 1.92. The van der Waals surface area contributed by atoms with E-state index in [0.717, 1.165) is 0 Å². The van der Waals surface area contributed by atoms with Crippen LogP contribution in [0.1, 0.15) is 28.3 Å². The van der Waals surface area contributed by atoms with E-state index in [0.29, 0.717) is 11.1 Å². The monoisotopic (exact) mass is 337 g/mol. The van der Waals surface area contributed by atoms with Crippen LogP contribution < -0.4 is 0 Å². The van der Waals surface area contributed by atoms with Crippen molar-refractivity contribution in [3.05, 3.63) is 88.0 Å². The first kappa shape index (κ1) is 16.6. The molecule has 6 heteroatoms. The molecule has 0 unspecified atom stereocenters. The summed E-state index contributed by atoms with van der Waals surface area (Å²) in [4.78, 5) is 34.5.